The van der Waals surface area contributed by atoms with Gasteiger partial charge in [-0.05, 0) is 19.3 Å². The first-order valence-electron chi connectivity index (χ1n) is 6.07. The van der Waals surface area contributed by atoms with Crippen LogP contribution in [0, 0.1) is 12.3 Å². The van der Waals surface area contributed by atoms with Crippen molar-refractivity contribution in [3.05, 3.63) is 0 Å². The molecule has 4 heteroatoms. The zero-order valence-corrected chi connectivity index (χ0v) is 10.4. The Kier molecular flexibility index (Phi) is 8.85. The van der Waals surface area contributed by atoms with Gasteiger partial charge in [-0.25, -0.2) is 4.79 Å². The van der Waals surface area contributed by atoms with Crippen LogP contribution in [-0.2, 0) is 9.59 Å². The van der Waals surface area contributed by atoms with Gasteiger partial charge in [-0.2, -0.15) is 0 Å². The zero-order chi connectivity index (χ0) is 13.1. The lowest BCUT2D eigenvalue weighted by Gasteiger charge is -2.13. The molecular weight excluding hydrogens is 218 g/mol. The van der Waals surface area contributed by atoms with Gasteiger partial charge >= 0.3 is 5.97 Å². The molecule has 0 spiro atoms. The first kappa shape index (κ1) is 15.5. The number of rotatable bonds is 9. The SMILES string of the molecule is C#CCCCCC(=O)N[C@@H](CCCC)C(=O)O. The maximum atomic E-state index is 11.5. The van der Waals surface area contributed by atoms with Crippen LogP contribution in [0.5, 0.6) is 0 Å². The second-order valence-electron chi connectivity index (χ2n) is 4.01. The molecule has 0 radical (unpaired) electrons. The van der Waals surface area contributed by atoms with Crippen LogP contribution in [0.1, 0.15) is 51.9 Å². The molecular formula is C13H21NO3. The number of terminal acetylenes is 1. The summed E-state index contributed by atoms with van der Waals surface area (Å²) in [4.78, 5) is 22.3. The Balaban J connectivity index is 3.88. The highest BCUT2D eigenvalue weighted by Crippen LogP contribution is 2.03. The largest absolute Gasteiger partial charge is 0.480 e. The van der Waals surface area contributed by atoms with Crippen molar-refractivity contribution in [2.45, 2.75) is 57.9 Å². The van der Waals surface area contributed by atoms with Gasteiger partial charge in [-0.1, -0.05) is 19.8 Å². The molecule has 0 fully saturated rings. The van der Waals surface area contributed by atoms with Crippen LogP contribution in [0.3, 0.4) is 0 Å². The minimum absolute atomic E-state index is 0.203. The number of carbonyl (C=O) groups excluding carboxylic acids is 1. The van der Waals surface area contributed by atoms with E-state index in [0.717, 1.165) is 19.3 Å². The molecule has 0 aromatic carbocycles. The summed E-state index contributed by atoms with van der Waals surface area (Å²) in [5.74, 6) is 1.34. The summed E-state index contributed by atoms with van der Waals surface area (Å²) in [5.41, 5.74) is 0. The van der Waals surface area contributed by atoms with E-state index in [1.807, 2.05) is 6.92 Å². The van der Waals surface area contributed by atoms with Gasteiger partial charge in [0.1, 0.15) is 6.04 Å². The molecule has 17 heavy (non-hydrogen) atoms. The summed E-state index contributed by atoms with van der Waals surface area (Å²) in [6, 6.07) is -0.755. The van der Waals surface area contributed by atoms with E-state index in [4.69, 9.17) is 11.5 Å². The monoisotopic (exact) mass is 239 g/mol. The van der Waals surface area contributed by atoms with E-state index in [-0.39, 0.29) is 5.91 Å². The van der Waals surface area contributed by atoms with Crippen molar-refractivity contribution >= 4 is 11.9 Å². The molecule has 0 saturated carbocycles. The highest BCUT2D eigenvalue weighted by atomic mass is 16.4. The number of hydrogen-bond acceptors (Lipinski definition) is 2. The maximum absolute atomic E-state index is 11.5. The predicted octanol–water partition coefficient (Wildman–Crippen LogP) is 1.94. The summed E-state index contributed by atoms with van der Waals surface area (Å²) in [7, 11) is 0. The number of unbranched alkanes of at least 4 members (excludes halogenated alkanes) is 3. The maximum Gasteiger partial charge on any atom is 0.326 e. The number of amides is 1. The molecule has 0 heterocycles. The fraction of sp³-hybridized carbons (Fsp3) is 0.692. The molecule has 0 unspecified atom stereocenters. The first-order valence-corrected chi connectivity index (χ1v) is 6.07. The minimum atomic E-state index is -0.963. The molecule has 0 rings (SSSR count). The lowest BCUT2D eigenvalue weighted by atomic mass is 10.1. The lowest BCUT2D eigenvalue weighted by Crippen LogP contribution is -2.40. The van der Waals surface area contributed by atoms with Crippen molar-refractivity contribution in [2.75, 3.05) is 0 Å². The quantitative estimate of drug-likeness (QED) is 0.477. The van der Waals surface area contributed by atoms with Gasteiger partial charge in [0, 0.05) is 12.8 Å². The van der Waals surface area contributed by atoms with Crippen molar-refractivity contribution in [3.63, 3.8) is 0 Å². The summed E-state index contributed by atoms with van der Waals surface area (Å²) in [5, 5.41) is 11.5. The molecule has 2 N–H and O–H groups in total. The Hall–Kier alpha value is -1.50. The van der Waals surface area contributed by atoms with E-state index < -0.39 is 12.0 Å². The smallest absolute Gasteiger partial charge is 0.326 e. The third-order valence-corrected chi connectivity index (χ3v) is 2.45. The average Bonchev–Trinajstić information content (AvgIpc) is 2.29. The number of carboxylic acid groups (broad SMARTS) is 1. The van der Waals surface area contributed by atoms with Crippen molar-refractivity contribution in [1.82, 2.24) is 5.32 Å². The topological polar surface area (TPSA) is 66.4 Å². The lowest BCUT2D eigenvalue weighted by molar-refractivity contribution is -0.142. The van der Waals surface area contributed by atoms with Gasteiger partial charge in [0.2, 0.25) is 5.91 Å². The molecule has 0 bridgehead atoms. The normalized spacial score (nSPS) is 11.5. The Morgan fingerprint density at radius 2 is 2.06 bits per heavy atom. The highest BCUT2D eigenvalue weighted by Gasteiger charge is 2.18. The molecule has 0 aromatic heterocycles. The van der Waals surface area contributed by atoms with Gasteiger partial charge in [-0.15, -0.1) is 12.3 Å². The van der Waals surface area contributed by atoms with Gasteiger partial charge in [0.05, 0.1) is 0 Å². The zero-order valence-electron chi connectivity index (χ0n) is 10.4. The summed E-state index contributed by atoms with van der Waals surface area (Å²) in [6.07, 6.45) is 9.81. The molecule has 96 valence electrons. The van der Waals surface area contributed by atoms with E-state index in [0.29, 0.717) is 25.7 Å². The van der Waals surface area contributed by atoms with E-state index in [2.05, 4.69) is 11.2 Å². The Morgan fingerprint density at radius 3 is 2.59 bits per heavy atom. The van der Waals surface area contributed by atoms with Crippen LogP contribution >= 0.6 is 0 Å². The number of aliphatic carboxylic acids is 1. The average molecular weight is 239 g/mol. The number of carbonyl (C=O) groups is 2. The van der Waals surface area contributed by atoms with Crippen LogP contribution in [-0.4, -0.2) is 23.0 Å². The summed E-state index contributed by atoms with van der Waals surface area (Å²) in [6.45, 7) is 1.99. The van der Waals surface area contributed by atoms with Crippen molar-refractivity contribution in [3.8, 4) is 12.3 Å². The van der Waals surface area contributed by atoms with Crippen molar-refractivity contribution < 1.29 is 14.7 Å². The fourth-order valence-electron chi connectivity index (χ4n) is 1.44. The predicted molar refractivity (Wildman–Crippen MR) is 66.4 cm³/mol. The van der Waals surface area contributed by atoms with Crippen molar-refractivity contribution in [1.29, 1.82) is 0 Å². The van der Waals surface area contributed by atoms with Gasteiger partial charge in [0.15, 0.2) is 0 Å². The molecule has 4 nitrogen and oxygen atoms in total. The van der Waals surface area contributed by atoms with E-state index in [1.54, 1.807) is 0 Å². The number of hydrogen-bond donors (Lipinski definition) is 2. The molecule has 0 aliphatic heterocycles. The molecule has 1 atom stereocenters. The fourth-order valence-corrected chi connectivity index (χ4v) is 1.44. The van der Waals surface area contributed by atoms with E-state index in [1.165, 1.54) is 0 Å². The third kappa shape index (κ3) is 8.32. The Morgan fingerprint density at radius 1 is 1.35 bits per heavy atom. The summed E-state index contributed by atoms with van der Waals surface area (Å²) < 4.78 is 0. The van der Waals surface area contributed by atoms with Gasteiger partial charge in [-0.3, -0.25) is 4.79 Å². The second-order valence-corrected chi connectivity index (χ2v) is 4.01. The van der Waals surface area contributed by atoms with Gasteiger partial charge < -0.3 is 10.4 Å². The van der Waals surface area contributed by atoms with Crippen molar-refractivity contribution in [2.24, 2.45) is 0 Å². The number of carboxylic acids is 1. The van der Waals surface area contributed by atoms with Crippen LogP contribution in [0.2, 0.25) is 0 Å². The van der Waals surface area contributed by atoms with Crippen LogP contribution in [0.4, 0.5) is 0 Å². The van der Waals surface area contributed by atoms with Gasteiger partial charge in [0.25, 0.3) is 0 Å². The molecule has 0 aliphatic carbocycles. The molecule has 0 aliphatic rings. The second kappa shape index (κ2) is 9.71. The van der Waals surface area contributed by atoms with E-state index >= 15 is 0 Å². The van der Waals surface area contributed by atoms with Crippen LogP contribution < -0.4 is 5.32 Å². The third-order valence-electron chi connectivity index (χ3n) is 2.45. The van der Waals surface area contributed by atoms with E-state index in [9.17, 15) is 9.59 Å². The molecule has 1 amide bonds. The Bertz CT molecular complexity index is 281. The van der Waals surface area contributed by atoms with Crippen LogP contribution in [0.25, 0.3) is 0 Å². The standard InChI is InChI=1S/C13H21NO3/c1-3-5-7-8-10-12(15)14-11(13(16)17)9-6-4-2/h1,11H,4-10H2,2H3,(H,14,15)(H,16,17)/t11-/m0/s1. The first-order chi connectivity index (χ1) is 8.11. The molecule has 0 aromatic rings. The molecule has 0 saturated heterocycles. The highest BCUT2D eigenvalue weighted by molar-refractivity contribution is 5.83. The Labute approximate surface area is 103 Å². The minimum Gasteiger partial charge on any atom is -0.480 e. The summed E-state index contributed by atoms with van der Waals surface area (Å²) >= 11 is 0. The van der Waals surface area contributed by atoms with Crippen LogP contribution in [0.15, 0.2) is 0 Å². The number of nitrogens with one attached hydrogen (secondary N) is 1.